The first-order chi connectivity index (χ1) is 7.81. The molecule has 0 saturated carbocycles. The number of hydrogen-bond acceptors (Lipinski definition) is 1. The second kappa shape index (κ2) is 4.99. The van der Waals surface area contributed by atoms with E-state index in [2.05, 4.69) is 42.2 Å². The van der Waals surface area contributed by atoms with Crippen LogP contribution in [0, 0.1) is 6.92 Å². The summed E-state index contributed by atoms with van der Waals surface area (Å²) in [5, 5.41) is 9.14. The normalized spacial score (nSPS) is 12.6. The van der Waals surface area contributed by atoms with Gasteiger partial charge in [-0.05, 0) is 31.0 Å². The number of aromatic nitrogens is 1. The van der Waals surface area contributed by atoms with Gasteiger partial charge in [-0.3, -0.25) is 0 Å². The molecular weight excluding hydrogens is 198 g/mol. The topological polar surface area (TPSA) is 36.0 Å². The number of nitrogens with one attached hydrogen (secondary N) is 1. The Kier molecular flexibility index (Phi) is 3.42. The molecule has 0 saturated heterocycles. The summed E-state index contributed by atoms with van der Waals surface area (Å²) in [5.41, 5.74) is 3.68. The van der Waals surface area contributed by atoms with E-state index in [0.717, 1.165) is 12.1 Å². The van der Waals surface area contributed by atoms with E-state index in [0.29, 0.717) is 0 Å². The molecule has 2 heteroatoms. The van der Waals surface area contributed by atoms with Crippen LogP contribution in [0.3, 0.4) is 0 Å². The van der Waals surface area contributed by atoms with E-state index in [4.69, 9.17) is 5.11 Å². The zero-order chi connectivity index (χ0) is 11.4. The molecule has 16 heavy (non-hydrogen) atoms. The Balaban J connectivity index is 2.29. The van der Waals surface area contributed by atoms with E-state index in [1.807, 2.05) is 12.3 Å². The number of H-pyrrole nitrogens is 1. The third kappa shape index (κ3) is 2.34. The fourth-order valence-corrected chi connectivity index (χ4v) is 1.99. The Morgan fingerprint density at radius 3 is 2.50 bits per heavy atom. The van der Waals surface area contributed by atoms with Crippen LogP contribution in [-0.2, 0) is 0 Å². The molecule has 0 radical (unpaired) electrons. The number of aliphatic hydroxyl groups excluding tert-OH is 1. The second-order valence-corrected chi connectivity index (χ2v) is 4.10. The van der Waals surface area contributed by atoms with Crippen LogP contribution < -0.4 is 0 Å². The van der Waals surface area contributed by atoms with Gasteiger partial charge in [0.05, 0.1) is 0 Å². The van der Waals surface area contributed by atoms with E-state index < -0.39 is 0 Å². The minimum absolute atomic E-state index is 0.206. The van der Waals surface area contributed by atoms with Crippen molar-refractivity contribution in [3.8, 4) is 0 Å². The summed E-state index contributed by atoms with van der Waals surface area (Å²) in [5.74, 6) is 0.264. The summed E-state index contributed by atoms with van der Waals surface area (Å²) in [4.78, 5) is 3.22. The third-order valence-corrected chi connectivity index (χ3v) is 2.89. The minimum atomic E-state index is 0.206. The largest absolute Gasteiger partial charge is 0.396 e. The molecule has 1 aromatic carbocycles. The highest BCUT2D eigenvalue weighted by Crippen LogP contribution is 2.26. The van der Waals surface area contributed by atoms with Crippen molar-refractivity contribution in [2.75, 3.05) is 6.61 Å². The Labute approximate surface area is 96.0 Å². The van der Waals surface area contributed by atoms with E-state index in [9.17, 15) is 0 Å². The van der Waals surface area contributed by atoms with Gasteiger partial charge in [-0.15, -0.1) is 0 Å². The highest BCUT2D eigenvalue weighted by Gasteiger charge is 2.13. The lowest BCUT2D eigenvalue weighted by Crippen LogP contribution is -2.04. The lowest BCUT2D eigenvalue weighted by atomic mass is 9.92. The number of aromatic amines is 1. The molecule has 0 spiro atoms. The summed E-state index contributed by atoms with van der Waals surface area (Å²) >= 11 is 0. The zero-order valence-corrected chi connectivity index (χ0v) is 9.48. The molecule has 84 valence electrons. The molecule has 0 fully saturated rings. The van der Waals surface area contributed by atoms with Crippen LogP contribution in [0.15, 0.2) is 42.6 Å². The van der Waals surface area contributed by atoms with Gasteiger partial charge in [-0.2, -0.15) is 0 Å². The van der Waals surface area contributed by atoms with Crippen molar-refractivity contribution in [3.63, 3.8) is 0 Å². The van der Waals surface area contributed by atoms with Crippen molar-refractivity contribution < 1.29 is 5.11 Å². The lowest BCUT2D eigenvalue weighted by molar-refractivity contribution is 0.281. The summed E-state index contributed by atoms with van der Waals surface area (Å²) in [6.45, 7) is 2.29. The van der Waals surface area contributed by atoms with E-state index in [-0.39, 0.29) is 12.5 Å². The van der Waals surface area contributed by atoms with Crippen LogP contribution in [0.4, 0.5) is 0 Å². The van der Waals surface area contributed by atoms with Crippen molar-refractivity contribution in [3.05, 3.63) is 59.4 Å². The quantitative estimate of drug-likeness (QED) is 0.808. The first-order valence-corrected chi connectivity index (χ1v) is 5.62. The second-order valence-electron chi connectivity index (χ2n) is 4.10. The molecule has 2 rings (SSSR count). The van der Waals surface area contributed by atoms with Gasteiger partial charge in [0.2, 0.25) is 0 Å². The minimum Gasteiger partial charge on any atom is -0.396 e. The van der Waals surface area contributed by atoms with Crippen LogP contribution in [0.5, 0.6) is 0 Å². The molecular formula is C14H17NO. The Morgan fingerprint density at radius 1 is 1.19 bits per heavy atom. The van der Waals surface area contributed by atoms with Gasteiger partial charge < -0.3 is 10.1 Å². The first-order valence-electron chi connectivity index (χ1n) is 5.62. The maximum Gasteiger partial charge on any atom is 0.0440 e. The van der Waals surface area contributed by atoms with Crippen molar-refractivity contribution in [2.45, 2.75) is 19.3 Å². The lowest BCUT2D eigenvalue weighted by Gasteiger charge is -2.15. The molecule has 0 aliphatic carbocycles. The predicted molar refractivity (Wildman–Crippen MR) is 65.5 cm³/mol. The number of benzene rings is 1. The predicted octanol–water partition coefficient (Wildman–Crippen LogP) is 2.84. The smallest absolute Gasteiger partial charge is 0.0440 e. The van der Waals surface area contributed by atoms with Gasteiger partial charge in [0.1, 0.15) is 0 Å². The number of aliphatic hydroxyl groups is 1. The maximum absolute atomic E-state index is 9.14. The number of hydrogen-bond donors (Lipinski definition) is 2. The van der Waals surface area contributed by atoms with Crippen LogP contribution >= 0.6 is 0 Å². The van der Waals surface area contributed by atoms with Crippen molar-refractivity contribution in [2.24, 2.45) is 0 Å². The highest BCUT2D eigenvalue weighted by atomic mass is 16.3. The molecule has 2 N–H and O–H groups in total. The molecule has 1 atom stereocenters. The molecule has 2 aromatic rings. The fourth-order valence-electron chi connectivity index (χ4n) is 1.99. The van der Waals surface area contributed by atoms with Gasteiger partial charge in [0.15, 0.2) is 0 Å². The van der Waals surface area contributed by atoms with E-state index in [1.165, 1.54) is 11.1 Å². The SMILES string of the molecule is Cc1ccc(C(CCO)c2ccc[nH]2)cc1. The number of aryl methyl sites for hydroxylation is 1. The van der Waals surface area contributed by atoms with Crippen LogP contribution in [0.25, 0.3) is 0 Å². The Bertz CT molecular complexity index is 417. The van der Waals surface area contributed by atoms with Crippen molar-refractivity contribution in [1.29, 1.82) is 0 Å². The third-order valence-electron chi connectivity index (χ3n) is 2.89. The fraction of sp³-hybridized carbons (Fsp3) is 0.286. The zero-order valence-electron chi connectivity index (χ0n) is 9.48. The van der Waals surface area contributed by atoms with Gasteiger partial charge >= 0.3 is 0 Å². The average Bonchev–Trinajstić information content (AvgIpc) is 2.81. The van der Waals surface area contributed by atoms with Crippen LogP contribution in [0.1, 0.15) is 29.2 Å². The molecule has 2 nitrogen and oxygen atoms in total. The van der Waals surface area contributed by atoms with E-state index in [1.54, 1.807) is 0 Å². The summed E-state index contributed by atoms with van der Waals surface area (Å²) < 4.78 is 0. The Hall–Kier alpha value is -1.54. The molecule has 1 heterocycles. The molecule has 0 bridgehead atoms. The highest BCUT2D eigenvalue weighted by molar-refractivity contribution is 5.30. The monoisotopic (exact) mass is 215 g/mol. The Morgan fingerprint density at radius 2 is 1.94 bits per heavy atom. The van der Waals surface area contributed by atoms with Crippen molar-refractivity contribution in [1.82, 2.24) is 4.98 Å². The maximum atomic E-state index is 9.14. The molecule has 1 aromatic heterocycles. The summed E-state index contributed by atoms with van der Waals surface area (Å²) in [6, 6.07) is 12.6. The molecule has 0 amide bonds. The average molecular weight is 215 g/mol. The molecule has 0 aliphatic rings. The first kappa shape index (κ1) is 11.0. The van der Waals surface area contributed by atoms with E-state index >= 15 is 0 Å². The van der Waals surface area contributed by atoms with Gasteiger partial charge in [-0.1, -0.05) is 29.8 Å². The van der Waals surface area contributed by atoms with Crippen LogP contribution in [-0.4, -0.2) is 16.7 Å². The van der Waals surface area contributed by atoms with Crippen molar-refractivity contribution >= 4 is 0 Å². The standard InChI is InChI=1S/C14H17NO/c1-11-4-6-12(7-5-11)13(8-10-16)14-3-2-9-15-14/h2-7,9,13,15-16H,8,10H2,1H3. The van der Waals surface area contributed by atoms with Gasteiger partial charge in [-0.25, -0.2) is 0 Å². The van der Waals surface area contributed by atoms with Gasteiger partial charge in [0, 0.05) is 24.4 Å². The molecule has 1 unspecified atom stereocenters. The molecule has 0 aliphatic heterocycles. The number of rotatable bonds is 4. The summed E-state index contributed by atoms with van der Waals surface area (Å²) in [6.07, 6.45) is 2.68. The summed E-state index contributed by atoms with van der Waals surface area (Å²) in [7, 11) is 0. The van der Waals surface area contributed by atoms with Crippen LogP contribution in [0.2, 0.25) is 0 Å². The van der Waals surface area contributed by atoms with Gasteiger partial charge in [0.25, 0.3) is 0 Å².